The Morgan fingerprint density at radius 2 is 1.84 bits per heavy atom. The monoisotopic (exact) mass is 265 g/mol. The highest BCUT2D eigenvalue weighted by atomic mass is 15.3. The highest BCUT2D eigenvalue weighted by Gasteiger charge is 2.11. The molecule has 0 aliphatic rings. The summed E-state index contributed by atoms with van der Waals surface area (Å²) in [7, 11) is 0. The number of aryl methyl sites for hydroxylation is 1. The molecule has 5 heteroatoms. The van der Waals surface area contributed by atoms with Gasteiger partial charge in [0.2, 0.25) is 0 Å². The Bertz CT molecular complexity index is 392. The standard InChI is InChI=1S/C14H27N5/c1-5-7-9-10(3)16-13-11(4)14(19-15)18-12(17-13)8-6-2/h10H,5-9,15H2,1-4H3,(H2,16,17,18,19). The van der Waals surface area contributed by atoms with Crippen LogP contribution in [-0.4, -0.2) is 16.0 Å². The molecular formula is C14H27N5. The summed E-state index contributed by atoms with van der Waals surface area (Å²) in [5.41, 5.74) is 3.64. The maximum atomic E-state index is 5.53. The molecule has 1 rings (SSSR count). The second kappa shape index (κ2) is 7.94. The second-order valence-electron chi connectivity index (χ2n) is 5.04. The van der Waals surface area contributed by atoms with E-state index in [0.29, 0.717) is 11.9 Å². The van der Waals surface area contributed by atoms with Crippen LogP contribution < -0.4 is 16.6 Å². The van der Waals surface area contributed by atoms with Crippen LogP contribution >= 0.6 is 0 Å². The van der Waals surface area contributed by atoms with E-state index < -0.39 is 0 Å². The Hall–Kier alpha value is -1.36. The Balaban J connectivity index is 2.88. The maximum absolute atomic E-state index is 5.53. The SMILES string of the molecule is CCCCC(C)Nc1nc(CCC)nc(NN)c1C. The quantitative estimate of drug-likeness (QED) is 0.497. The number of hydrogen-bond acceptors (Lipinski definition) is 5. The van der Waals surface area contributed by atoms with E-state index in [9.17, 15) is 0 Å². The summed E-state index contributed by atoms with van der Waals surface area (Å²) in [5.74, 6) is 7.98. The molecule has 0 saturated carbocycles. The third-order valence-electron chi connectivity index (χ3n) is 3.18. The van der Waals surface area contributed by atoms with Gasteiger partial charge in [-0.05, 0) is 26.7 Å². The van der Waals surface area contributed by atoms with Gasteiger partial charge in [0, 0.05) is 18.0 Å². The van der Waals surface area contributed by atoms with E-state index in [0.717, 1.165) is 36.5 Å². The van der Waals surface area contributed by atoms with Crippen LogP contribution in [0.2, 0.25) is 0 Å². The summed E-state index contributed by atoms with van der Waals surface area (Å²) in [5, 5.41) is 3.47. The average Bonchev–Trinajstić information content (AvgIpc) is 2.40. The topological polar surface area (TPSA) is 75.9 Å². The van der Waals surface area contributed by atoms with Gasteiger partial charge < -0.3 is 10.7 Å². The van der Waals surface area contributed by atoms with Gasteiger partial charge >= 0.3 is 0 Å². The fourth-order valence-corrected chi connectivity index (χ4v) is 2.00. The van der Waals surface area contributed by atoms with Crippen LogP contribution in [0, 0.1) is 6.92 Å². The van der Waals surface area contributed by atoms with E-state index >= 15 is 0 Å². The summed E-state index contributed by atoms with van der Waals surface area (Å²) in [6, 6.07) is 0.411. The Morgan fingerprint density at radius 1 is 1.16 bits per heavy atom. The van der Waals surface area contributed by atoms with Gasteiger partial charge in [-0.25, -0.2) is 15.8 Å². The molecule has 108 valence electrons. The van der Waals surface area contributed by atoms with Crippen molar-refractivity contribution in [3.05, 3.63) is 11.4 Å². The van der Waals surface area contributed by atoms with E-state index in [1.165, 1.54) is 12.8 Å². The lowest BCUT2D eigenvalue weighted by molar-refractivity contribution is 0.641. The number of anilines is 2. The first-order valence-corrected chi connectivity index (χ1v) is 7.23. The lowest BCUT2D eigenvalue weighted by Gasteiger charge is -2.18. The molecule has 1 unspecified atom stereocenters. The van der Waals surface area contributed by atoms with Gasteiger partial charge in [0.05, 0.1) is 0 Å². The van der Waals surface area contributed by atoms with Gasteiger partial charge in [0.25, 0.3) is 0 Å². The molecule has 0 aliphatic heterocycles. The van der Waals surface area contributed by atoms with Crippen molar-refractivity contribution < 1.29 is 0 Å². The van der Waals surface area contributed by atoms with Crippen molar-refractivity contribution in [1.29, 1.82) is 0 Å². The highest BCUT2D eigenvalue weighted by Crippen LogP contribution is 2.21. The van der Waals surface area contributed by atoms with Crippen molar-refractivity contribution >= 4 is 11.6 Å². The third kappa shape index (κ3) is 4.67. The minimum Gasteiger partial charge on any atom is -0.367 e. The van der Waals surface area contributed by atoms with Crippen LogP contribution in [-0.2, 0) is 6.42 Å². The first kappa shape index (κ1) is 15.7. The van der Waals surface area contributed by atoms with Crippen molar-refractivity contribution in [3.63, 3.8) is 0 Å². The molecule has 0 saturated heterocycles. The molecule has 0 bridgehead atoms. The van der Waals surface area contributed by atoms with Crippen molar-refractivity contribution in [2.45, 2.75) is 65.8 Å². The van der Waals surface area contributed by atoms with Crippen LogP contribution in [0.3, 0.4) is 0 Å². The van der Waals surface area contributed by atoms with Crippen LogP contribution in [0.1, 0.15) is 57.8 Å². The summed E-state index contributed by atoms with van der Waals surface area (Å²) in [4.78, 5) is 9.02. The van der Waals surface area contributed by atoms with Gasteiger partial charge in [0.1, 0.15) is 17.5 Å². The normalized spacial score (nSPS) is 12.3. The number of unbranched alkanes of at least 4 members (excludes halogenated alkanes) is 1. The number of aromatic nitrogens is 2. The van der Waals surface area contributed by atoms with Gasteiger partial charge in [-0.1, -0.05) is 26.7 Å². The van der Waals surface area contributed by atoms with Gasteiger partial charge in [0.15, 0.2) is 0 Å². The van der Waals surface area contributed by atoms with Crippen molar-refractivity contribution in [2.24, 2.45) is 5.84 Å². The fraction of sp³-hybridized carbons (Fsp3) is 0.714. The molecule has 1 heterocycles. The lowest BCUT2D eigenvalue weighted by Crippen LogP contribution is -2.20. The minimum atomic E-state index is 0.411. The fourth-order valence-electron chi connectivity index (χ4n) is 2.00. The zero-order valence-electron chi connectivity index (χ0n) is 12.6. The molecule has 5 nitrogen and oxygen atoms in total. The number of nitrogens with zero attached hydrogens (tertiary/aromatic N) is 2. The van der Waals surface area contributed by atoms with Gasteiger partial charge in [-0.15, -0.1) is 0 Å². The second-order valence-corrected chi connectivity index (χ2v) is 5.04. The molecule has 0 aromatic carbocycles. The number of rotatable bonds is 8. The number of hydrogen-bond donors (Lipinski definition) is 3. The maximum Gasteiger partial charge on any atom is 0.148 e. The zero-order valence-corrected chi connectivity index (χ0v) is 12.6. The summed E-state index contributed by atoms with van der Waals surface area (Å²) >= 11 is 0. The largest absolute Gasteiger partial charge is 0.367 e. The van der Waals surface area contributed by atoms with Gasteiger partial charge in [-0.3, -0.25) is 0 Å². The average molecular weight is 265 g/mol. The minimum absolute atomic E-state index is 0.411. The zero-order chi connectivity index (χ0) is 14.3. The van der Waals surface area contributed by atoms with E-state index in [-0.39, 0.29) is 0 Å². The van der Waals surface area contributed by atoms with Crippen molar-refractivity contribution in [3.8, 4) is 0 Å². The van der Waals surface area contributed by atoms with Gasteiger partial charge in [-0.2, -0.15) is 0 Å². The van der Waals surface area contributed by atoms with Crippen LogP contribution in [0.4, 0.5) is 11.6 Å². The molecule has 1 aromatic heterocycles. The summed E-state index contributed by atoms with van der Waals surface area (Å²) in [6.45, 7) is 8.50. The number of nitrogen functional groups attached to an aromatic ring is 1. The molecule has 19 heavy (non-hydrogen) atoms. The molecule has 0 fully saturated rings. The molecular weight excluding hydrogens is 238 g/mol. The predicted molar refractivity (Wildman–Crippen MR) is 81.2 cm³/mol. The summed E-state index contributed by atoms with van der Waals surface area (Å²) in [6.07, 6.45) is 5.48. The smallest absolute Gasteiger partial charge is 0.148 e. The predicted octanol–water partition coefficient (Wildman–Crippen LogP) is 3.01. The number of nitrogens with two attached hydrogens (primary N) is 1. The van der Waals surface area contributed by atoms with Crippen molar-refractivity contribution in [2.75, 3.05) is 10.7 Å². The molecule has 0 spiro atoms. The van der Waals surface area contributed by atoms with E-state index in [4.69, 9.17) is 5.84 Å². The van der Waals surface area contributed by atoms with E-state index in [2.05, 4.69) is 41.5 Å². The number of hydrazine groups is 1. The Kier molecular flexibility index (Phi) is 6.56. The van der Waals surface area contributed by atoms with Crippen molar-refractivity contribution in [1.82, 2.24) is 9.97 Å². The molecule has 4 N–H and O–H groups in total. The molecule has 1 aromatic rings. The van der Waals surface area contributed by atoms with E-state index in [1.807, 2.05) is 6.92 Å². The first-order valence-electron chi connectivity index (χ1n) is 7.23. The first-order chi connectivity index (χ1) is 9.12. The highest BCUT2D eigenvalue weighted by molar-refractivity contribution is 5.57. The summed E-state index contributed by atoms with van der Waals surface area (Å²) < 4.78 is 0. The molecule has 0 aliphatic carbocycles. The van der Waals surface area contributed by atoms with Crippen LogP contribution in [0.15, 0.2) is 0 Å². The molecule has 1 atom stereocenters. The molecule has 0 radical (unpaired) electrons. The lowest BCUT2D eigenvalue weighted by atomic mass is 10.1. The molecule has 0 amide bonds. The number of nitrogens with one attached hydrogen (secondary N) is 2. The Labute approximate surface area is 116 Å². The van der Waals surface area contributed by atoms with E-state index in [1.54, 1.807) is 0 Å². The van der Waals surface area contributed by atoms with Crippen LogP contribution in [0.25, 0.3) is 0 Å². The third-order valence-corrected chi connectivity index (χ3v) is 3.18. The Morgan fingerprint density at radius 3 is 2.42 bits per heavy atom. The van der Waals surface area contributed by atoms with Crippen LogP contribution in [0.5, 0.6) is 0 Å².